The van der Waals surface area contributed by atoms with Crippen LogP contribution in [0, 0.1) is 0 Å². The largest absolute Gasteiger partial charge is 0.378 e. The van der Waals surface area contributed by atoms with Crippen molar-refractivity contribution < 1.29 is 4.74 Å². The Kier molecular flexibility index (Phi) is 4.31. The highest BCUT2D eigenvalue weighted by Gasteiger charge is 2.11. The molecule has 0 bridgehead atoms. The molecule has 2 aromatic carbocycles. The Morgan fingerprint density at radius 1 is 0.739 bits per heavy atom. The Morgan fingerprint density at radius 2 is 1.30 bits per heavy atom. The molecular weight excluding hydrogens is 284 g/mol. The monoisotopic (exact) mass is 308 g/mol. The highest BCUT2D eigenvalue weighted by molar-refractivity contribution is 6.07. The molecule has 120 valence electrons. The van der Waals surface area contributed by atoms with Crippen molar-refractivity contribution in [2.24, 2.45) is 0 Å². The molecule has 4 rings (SSSR count). The standard InChI is InChI=1S/C20H24N2O/c1-3-9-19-17(7-1)18-8-2-4-10-20(18)22(19)14-16-23-15-13-21-11-5-6-12-21/h1-4,7-10H,5-6,11-16H2. The molecule has 3 aromatic rings. The van der Waals surface area contributed by atoms with Crippen LogP contribution in [-0.4, -0.2) is 42.3 Å². The van der Waals surface area contributed by atoms with Gasteiger partial charge in [-0.2, -0.15) is 0 Å². The lowest BCUT2D eigenvalue weighted by Gasteiger charge is -2.14. The molecule has 1 fully saturated rings. The zero-order valence-corrected chi connectivity index (χ0v) is 13.6. The van der Waals surface area contributed by atoms with E-state index in [1.54, 1.807) is 0 Å². The van der Waals surface area contributed by atoms with Crippen LogP contribution in [-0.2, 0) is 11.3 Å². The van der Waals surface area contributed by atoms with Crippen molar-refractivity contribution in [3.8, 4) is 0 Å². The first-order valence-corrected chi connectivity index (χ1v) is 8.69. The normalized spacial score (nSPS) is 15.8. The SMILES string of the molecule is c1ccc2c(c1)c1ccccc1n2CCOCCN1CCCC1. The average Bonchev–Trinajstić information content (AvgIpc) is 3.22. The minimum atomic E-state index is 0.774. The number of nitrogens with zero attached hydrogens (tertiary/aromatic N) is 2. The first kappa shape index (κ1) is 14.7. The smallest absolute Gasteiger partial charge is 0.0646 e. The topological polar surface area (TPSA) is 17.4 Å². The highest BCUT2D eigenvalue weighted by Crippen LogP contribution is 2.28. The maximum atomic E-state index is 5.90. The Balaban J connectivity index is 1.45. The van der Waals surface area contributed by atoms with Crippen LogP contribution in [0.15, 0.2) is 48.5 Å². The number of benzene rings is 2. The van der Waals surface area contributed by atoms with Crippen LogP contribution in [0.2, 0.25) is 0 Å². The van der Waals surface area contributed by atoms with E-state index in [1.807, 2.05) is 0 Å². The minimum absolute atomic E-state index is 0.774. The quantitative estimate of drug-likeness (QED) is 0.642. The van der Waals surface area contributed by atoms with E-state index in [4.69, 9.17) is 4.74 Å². The number of aromatic nitrogens is 1. The third-order valence-electron chi connectivity index (χ3n) is 4.89. The molecule has 0 saturated carbocycles. The summed E-state index contributed by atoms with van der Waals surface area (Å²) in [4.78, 5) is 2.50. The fourth-order valence-electron chi connectivity index (χ4n) is 3.70. The van der Waals surface area contributed by atoms with Crippen molar-refractivity contribution in [3.63, 3.8) is 0 Å². The number of rotatable bonds is 6. The Morgan fingerprint density at radius 3 is 1.96 bits per heavy atom. The number of likely N-dealkylation sites (tertiary alicyclic amines) is 1. The molecule has 0 spiro atoms. The number of hydrogen-bond acceptors (Lipinski definition) is 2. The van der Waals surface area contributed by atoms with Gasteiger partial charge in [-0.1, -0.05) is 36.4 Å². The summed E-state index contributed by atoms with van der Waals surface area (Å²) >= 11 is 0. The number of fused-ring (bicyclic) bond motifs is 3. The van der Waals surface area contributed by atoms with Crippen LogP contribution in [0.25, 0.3) is 21.8 Å². The molecule has 0 atom stereocenters. The van der Waals surface area contributed by atoms with Crippen molar-refractivity contribution >= 4 is 21.8 Å². The van der Waals surface area contributed by atoms with Gasteiger partial charge in [-0.3, -0.25) is 0 Å². The lowest BCUT2D eigenvalue weighted by atomic mass is 10.2. The fraction of sp³-hybridized carbons (Fsp3) is 0.400. The second-order valence-corrected chi connectivity index (χ2v) is 6.35. The first-order chi connectivity index (χ1) is 11.4. The second-order valence-electron chi connectivity index (χ2n) is 6.35. The molecule has 0 radical (unpaired) electrons. The van der Waals surface area contributed by atoms with Gasteiger partial charge in [0.05, 0.1) is 13.2 Å². The summed E-state index contributed by atoms with van der Waals surface area (Å²) in [6.45, 7) is 6.10. The van der Waals surface area contributed by atoms with Gasteiger partial charge in [0.25, 0.3) is 0 Å². The Labute approximate surface area is 137 Å². The predicted molar refractivity (Wildman–Crippen MR) is 95.9 cm³/mol. The predicted octanol–water partition coefficient (Wildman–Crippen LogP) is 3.91. The van der Waals surface area contributed by atoms with Crippen LogP contribution in [0.3, 0.4) is 0 Å². The lowest BCUT2D eigenvalue weighted by molar-refractivity contribution is 0.106. The minimum Gasteiger partial charge on any atom is -0.378 e. The van der Waals surface area contributed by atoms with Gasteiger partial charge in [-0.05, 0) is 38.1 Å². The van der Waals surface area contributed by atoms with E-state index >= 15 is 0 Å². The maximum Gasteiger partial charge on any atom is 0.0646 e. The number of hydrogen-bond donors (Lipinski definition) is 0. The zero-order valence-electron chi connectivity index (χ0n) is 13.6. The van der Waals surface area contributed by atoms with Gasteiger partial charge < -0.3 is 14.2 Å². The number of para-hydroxylation sites is 2. The second kappa shape index (κ2) is 6.73. The third-order valence-corrected chi connectivity index (χ3v) is 4.89. The summed E-state index contributed by atoms with van der Waals surface area (Å²) in [7, 11) is 0. The molecule has 1 aliphatic rings. The van der Waals surface area contributed by atoms with Gasteiger partial charge in [0, 0.05) is 34.9 Å². The Hall–Kier alpha value is -1.84. The molecule has 2 heterocycles. The van der Waals surface area contributed by atoms with E-state index in [9.17, 15) is 0 Å². The van der Waals surface area contributed by atoms with Crippen molar-refractivity contribution in [2.75, 3.05) is 32.8 Å². The molecular formula is C20H24N2O. The van der Waals surface area contributed by atoms with Gasteiger partial charge in [-0.15, -0.1) is 0 Å². The van der Waals surface area contributed by atoms with E-state index in [0.717, 1.165) is 26.3 Å². The van der Waals surface area contributed by atoms with Crippen molar-refractivity contribution in [2.45, 2.75) is 19.4 Å². The van der Waals surface area contributed by atoms with Gasteiger partial charge in [0.2, 0.25) is 0 Å². The van der Waals surface area contributed by atoms with Crippen LogP contribution in [0.1, 0.15) is 12.8 Å². The van der Waals surface area contributed by atoms with Gasteiger partial charge in [0.15, 0.2) is 0 Å². The summed E-state index contributed by atoms with van der Waals surface area (Å²) in [6.07, 6.45) is 2.70. The molecule has 0 N–H and O–H groups in total. The molecule has 3 nitrogen and oxygen atoms in total. The van der Waals surface area contributed by atoms with Gasteiger partial charge >= 0.3 is 0 Å². The maximum absolute atomic E-state index is 5.90. The van der Waals surface area contributed by atoms with E-state index in [2.05, 4.69) is 58.0 Å². The van der Waals surface area contributed by atoms with Gasteiger partial charge in [-0.25, -0.2) is 0 Å². The average molecular weight is 308 g/mol. The van der Waals surface area contributed by atoms with E-state index < -0.39 is 0 Å². The van der Waals surface area contributed by atoms with Crippen molar-refractivity contribution in [1.29, 1.82) is 0 Å². The van der Waals surface area contributed by atoms with Crippen molar-refractivity contribution in [3.05, 3.63) is 48.5 Å². The summed E-state index contributed by atoms with van der Waals surface area (Å²) in [6, 6.07) is 17.3. The molecule has 1 aliphatic heterocycles. The van der Waals surface area contributed by atoms with Crippen molar-refractivity contribution in [1.82, 2.24) is 9.47 Å². The van der Waals surface area contributed by atoms with Crippen LogP contribution in [0.4, 0.5) is 0 Å². The Bertz CT molecular complexity index is 733. The van der Waals surface area contributed by atoms with E-state index in [0.29, 0.717) is 0 Å². The summed E-state index contributed by atoms with van der Waals surface area (Å²) in [5.41, 5.74) is 2.61. The molecule has 0 unspecified atom stereocenters. The fourth-order valence-corrected chi connectivity index (χ4v) is 3.70. The summed E-state index contributed by atoms with van der Waals surface area (Å²) in [5.74, 6) is 0. The van der Waals surface area contributed by atoms with Crippen LogP contribution in [0.5, 0.6) is 0 Å². The lowest BCUT2D eigenvalue weighted by Crippen LogP contribution is -2.24. The van der Waals surface area contributed by atoms with E-state index in [-0.39, 0.29) is 0 Å². The first-order valence-electron chi connectivity index (χ1n) is 8.69. The molecule has 1 aromatic heterocycles. The zero-order chi connectivity index (χ0) is 15.5. The highest BCUT2D eigenvalue weighted by atomic mass is 16.5. The van der Waals surface area contributed by atoms with Crippen LogP contribution >= 0.6 is 0 Å². The summed E-state index contributed by atoms with van der Waals surface area (Å²) in [5, 5.41) is 2.67. The van der Waals surface area contributed by atoms with Gasteiger partial charge in [0.1, 0.15) is 0 Å². The molecule has 1 saturated heterocycles. The number of ether oxygens (including phenoxy) is 1. The molecule has 0 aliphatic carbocycles. The summed E-state index contributed by atoms with van der Waals surface area (Å²) < 4.78 is 8.29. The molecule has 3 heteroatoms. The molecule has 23 heavy (non-hydrogen) atoms. The van der Waals surface area contributed by atoms with E-state index in [1.165, 1.54) is 47.7 Å². The molecule has 0 amide bonds. The van der Waals surface area contributed by atoms with Crippen LogP contribution < -0.4 is 0 Å². The third kappa shape index (κ3) is 2.99.